The van der Waals surface area contributed by atoms with Gasteiger partial charge in [-0.25, -0.2) is 4.79 Å². The fraction of sp³-hybridized carbons (Fsp3) is 0.889. The van der Waals surface area contributed by atoms with Gasteiger partial charge in [0, 0.05) is 32.2 Å². The molecule has 1 atom stereocenters. The zero-order chi connectivity index (χ0) is 18.7. The summed E-state index contributed by atoms with van der Waals surface area (Å²) in [7, 11) is 0. The maximum Gasteiger partial charge on any atom is 0.410 e. The van der Waals surface area contributed by atoms with E-state index in [0.717, 1.165) is 44.9 Å². The number of ether oxygens (including phenoxy) is 1. The number of hydrogen-bond donors (Lipinski definition) is 2. The number of rotatable bonds is 7. The van der Waals surface area contributed by atoms with Gasteiger partial charge >= 0.3 is 6.09 Å². The Labute approximate surface area is 180 Å². The summed E-state index contributed by atoms with van der Waals surface area (Å²) in [5.74, 6) is 2.04. The first-order valence-electron chi connectivity index (χ1n) is 9.37. The van der Waals surface area contributed by atoms with Crippen molar-refractivity contribution in [3.05, 3.63) is 0 Å². The molecule has 0 spiro atoms. The lowest BCUT2D eigenvalue weighted by Crippen LogP contribution is -2.53. The lowest BCUT2D eigenvalue weighted by Gasteiger charge is -2.35. The van der Waals surface area contributed by atoms with Gasteiger partial charge in [0.2, 0.25) is 0 Å². The monoisotopic (exact) mass is 500 g/mol. The maximum absolute atomic E-state index is 12.3. The molecule has 1 rings (SSSR count). The van der Waals surface area contributed by atoms with Gasteiger partial charge in [0.1, 0.15) is 5.60 Å². The highest BCUT2D eigenvalue weighted by Crippen LogP contribution is 2.15. The molecule has 1 heterocycles. The summed E-state index contributed by atoms with van der Waals surface area (Å²) in [6.45, 7) is 10.9. The normalized spacial score (nSPS) is 18.1. The summed E-state index contributed by atoms with van der Waals surface area (Å²) in [6, 6.07) is 0.213. The first kappa shape index (κ1) is 25.6. The molecule has 1 aliphatic rings. The van der Waals surface area contributed by atoms with Gasteiger partial charge in [-0.2, -0.15) is 11.8 Å². The van der Waals surface area contributed by atoms with Crippen LogP contribution in [0.25, 0.3) is 0 Å². The molecule has 1 fully saturated rings. The van der Waals surface area contributed by atoms with Crippen LogP contribution in [0, 0.1) is 0 Å². The topological polar surface area (TPSA) is 66.0 Å². The fourth-order valence-electron chi connectivity index (χ4n) is 2.65. The highest BCUT2D eigenvalue weighted by molar-refractivity contribution is 14.0. The second-order valence-corrected chi connectivity index (χ2v) is 8.36. The molecule has 6 nitrogen and oxygen atoms in total. The van der Waals surface area contributed by atoms with E-state index in [4.69, 9.17) is 4.74 Å². The lowest BCUT2D eigenvalue weighted by atomic mass is 10.1. The Hall–Kier alpha value is -0.380. The number of piperidine rings is 1. The predicted octanol–water partition coefficient (Wildman–Crippen LogP) is 3.70. The third-order valence-corrected chi connectivity index (χ3v) is 4.48. The number of guanidine groups is 1. The quantitative estimate of drug-likeness (QED) is 0.242. The SMILES string of the molecule is CCNC(=NCCCCSC)NC1CCCN(C(=O)OC(C)(C)C)C1.I. The highest BCUT2D eigenvalue weighted by atomic mass is 127. The van der Waals surface area contributed by atoms with Crippen molar-refractivity contribution in [2.24, 2.45) is 4.99 Å². The zero-order valence-electron chi connectivity index (χ0n) is 17.0. The van der Waals surface area contributed by atoms with Gasteiger partial charge in [0.05, 0.1) is 0 Å². The van der Waals surface area contributed by atoms with Crippen LogP contribution in [0.3, 0.4) is 0 Å². The Morgan fingerprint density at radius 3 is 2.69 bits per heavy atom. The van der Waals surface area contributed by atoms with Crippen molar-refractivity contribution in [1.29, 1.82) is 0 Å². The largest absolute Gasteiger partial charge is 0.444 e. The van der Waals surface area contributed by atoms with Crippen LogP contribution in [-0.4, -0.2) is 66.8 Å². The van der Waals surface area contributed by atoms with E-state index in [2.05, 4.69) is 28.8 Å². The van der Waals surface area contributed by atoms with Gasteiger partial charge in [-0.3, -0.25) is 4.99 Å². The average molecular weight is 500 g/mol. The van der Waals surface area contributed by atoms with Crippen molar-refractivity contribution in [2.75, 3.05) is 38.2 Å². The van der Waals surface area contributed by atoms with Crippen LogP contribution in [0.4, 0.5) is 4.79 Å². The maximum atomic E-state index is 12.3. The van der Waals surface area contributed by atoms with E-state index in [1.165, 1.54) is 12.2 Å². The minimum absolute atomic E-state index is 0. The van der Waals surface area contributed by atoms with Crippen LogP contribution in [0.5, 0.6) is 0 Å². The molecule has 1 aliphatic heterocycles. The van der Waals surface area contributed by atoms with E-state index < -0.39 is 5.60 Å². The van der Waals surface area contributed by atoms with Gasteiger partial charge in [-0.05, 0) is 65.4 Å². The molecule has 154 valence electrons. The van der Waals surface area contributed by atoms with E-state index in [9.17, 15) is 4.79 Å². The Kier molecular flexibility index (Phi) is 13.5. The molecule has 0 aromatic rings. The molecular formula is C18H37IN4O2S. The number of nitrogens with zero attached hydrogens (tertiary/aromatic N) is 2. The standard InChI is InChI=1S/C18H36N4O2S.HI/c1-6-19-16(20-11-7-8-13-25-5)21-15-10-9-12-22(14-15)17(23)24-18(2,3)4;/h15H,6-14H2,1-5H3,(H2,19,20,21);1H. The molecule has 2 N–H and O–H groups in total. The van der Waals surface area contributed by atoms with Crippen LogP contribution in [-0.2, 0) is 4.74 Å². The Morgan fingerprint density at radius 1 is 1.35 bits per heavy atom. The van der Waals surface area contributed by atoms with Crippen LogP contribution >= 0.6 is 35.7 Å². The molecule has 1 unspecified atom stereocenters. The average Bonchev–Trinajstić information content (AvgIpc) is 2.53. The molecule has 0 bridgehead atoms. The van der Waals surface area contributed by atoms with Crippen molar-refractivity contribution < 1.29 is 9.53 Å². The second-order valence-electron chi connectivity index (χ2n) is 7.37. The van der Waals surface area contributed by atoms with Crippen molar-refractivity contribution in [3.8, 4) is 0 Å². The molecule has 26 heavy (non-hydrogen) atoms. The van der Waals surface area contributed by atoms with Gasteiger partial charge in [-0.1, -0.05) is 0 Å². The summed E-state index contributed by atoms with van der Waals surface area (Å²) in [5, 5.41) is 6.78. The minimum atomic E-state index is -0.454. The third-order valence-electron chi connectivity index (χ3n) is 3.78. The van der Waals surface area contributed by atoms with Crippen LogP contribution in [0.1, 0.15) is 53.4 Å². The molecule has 8 heteroatoms. The van der Waals surface area contributed by atoms with E-state index in [-0.39, 0.29) is 36.1 Å². The van der Waals surface area contributed by atoms with E-state index >= 15 is 0 Å². The Bertz CT molecular complexity index is 430. The molecule has 0 aromatic carbocycles. The molecule has 1 amide bonds. The smallest absolute Gasteiger partial charge is 0.410 e. The Balaban J connectivity index is 0.00000625. The molecule has 0 aromatic heterocycles. The van der Waals surface area contributed by atoms with Gasteiger partial charge in [0.25, 0.3) is 0 Å². The summed E-state index contributed by atoms with van der Waals surface area (Å²) < 4.78 is 5.49. The first-order valence-corrected chi connectivity index (χ1v) is 10.8. The van der Waals surface area contributed by atoms with Gasteiger partial charge < -0.3 is 20.3 Å². The summed E-state index contributed by atoms with van der Waals surface area (Å²) in [5.41, 5.74) is -0.454. The molecule has 0 radical (unpaired) electrons. The third kappa shape index (κ3) is 11.4. The number of halogens is 1. The van der Waals surface area contributed by atoms with Crippen molar-refractivity contribution in [2.45, 2.75) is 65.0 Å². The van der Waals surface area contributed by atoms with Crippen LogP contribution < -0.4 is 10.6 Å². The van der Waals surface area contributed by atoms with E-state index in [1.807, 2.05) is 32.5 Å². The molecule has 0 saturated carbocycles. The van der Waals surface area contributed by atoms with Crippen molar-refractivity contribution in [3.63, 3.8) is 0 Å². The number of carbonyl (C=O) groups is 1. The number of carbonyl (C=O) groups excluding carboxylic acids is 1. The second kappa shape index (κ2) is 13.7. The van der Waals surface area contributed by atoms with E-state index in [0.29, 0.717) is 6.54 Å². The molecular weight excluding hydrogens is 463 g/mol. The zero-order valence-corrected chi connectivity index (χ0v) is 20.1. The molecule has 0 aliphatic carbocycles. The number of amides is 1. The van der Waals surface area contributed by atoms with Crippen LogP contribution in [0.2, 0.25) is 0 Å². The number of likely N-dealkylation sites (tertiary alicyclic amines) is 1. The van der Waals surface area contributed by atoms with Crippen molar-refractivity contribution in [1.82, 2.24) is 15.5 Å². The summed E-state index contributed by atoms with van der Waals surface area (Å²) in [4.78, 5) is 18.7. The molecule has 1 saturated heterocycles. The summed E-state index contributed by atoms with van der Waals surface area (Å²) in [6.07, 6.45) is 6.22. The number of nitrogens with one attached hydrogen (secondary N) is 2. The number of unbranched alkanes of at least 4 members (excludes halogenated alkanes) is 1. The van der Waals surface area contributed by atoms with E-state index in [1.54, 1.807) is 4.90 Å². The Morgan fingerprint density at radius 2 is 2.08 bits per heavy atom. The highest BCUT2D eigenvalue weighted by Gasteiger charge is 2.27. The van der Waals surface area contributed by atoms with Gasteiger partial charge in [-0.15, -0.1) is 24.0 Å². The number of hydrogen-bond acceptors (Lipinski definition) is 4. The summed E-state index contributed by atoms with van der Waals surface area (Å²) >= 11 is 1.88. The first-order chi connectivity index (χ1) is 11.9. The minimum Gasteiger partial charge on any atom is -0.444 e. The van der Waals surface area contributed by atoms with Crippen LogP contribution in [0.15, 0.2) is 4.99 Å². The van der Waals surface area contributed by atoms with Gasteiger partial charge in [0.15, 0.2) is 5.96 Å². The lowest BCUT2D eigenvalue weighted by molar-refractivity contribution is 0.0193. The number of thioether (sulfide) groups is 1. The number of aliphatic imine (C=N–C) groups is 1. The fourth-order valence-corrected chi connectivity index (χ4v) is 3.14. The van der Waals surface area contributed by atoms with Crippen molar-refractivity contribution >= 4 is 47.8 Å². The predicted molar refractivity (Wildman–Crippen MR) is 123 cm³/mol.